The summed E-state index contributed by atoms with van der Waals surface area (Å²) >= 11 is 0. The fraction of sp³-hybridized carbons (Fsp3) is 0.579. The summed E-state index contributed by atoms with van der Waals surface area (Å²) < 4.78 is 0. The molecule has 0 N–H and O–H groups in total. The number of nitrogens with zero attached hydrogens (tertiary/aromatic N) is 2. The first-order chi connectivity index (χ1) is 11.0. The molecule has 3 rings (SSSR count). The average molecular weight is 314 g/mol. The second-order valence-corrected chi connectivity index (χ2v) is 7.00. The molecule has 2 fully saturated rings. The summed E-state index contributed by atoms with van der Waals surface area (Å²) in [6, 6.07) is 6.32. The van der Waals surface area contributed by atoms with Gasteiger partial charge in [-0.3, -0.25) is 9.59 Å². The third-order valence-corrected chi connectivity index (χ3v) is 5.43. The van der Waals surface area contributed by atoms with E-state index in [0.29, 0.717) is 19.0 Å². The highest BCUT2D eigenvalue weighted by atomic mass is 16.2. The van der Waals surface area contributed by atoms with Crippen LogP contribution in [-0.2, 0) is 9.59 Å². The number of carbonyl (C=O) groups excluding carboxylic acids is 2. The van der Waals surface area contributed by atoms with E-state index in [-0.39, 0.29) is 17.7 Å². The molecule has 0 spiro atoms. The number of anilines is 1. The van der Waals surface area contributed by atoms with Crippen LogP contribution in [0.3, 0.4) is 0 Å². The Balaban J connectivity index is 1.77. The Kier molecular flexibility index (Phi) is 4.42. The maximum atomic E-state index is 12.8. The maximum Gasteiger partial charge on any atom is 0.228 e. The molecule has 0 unspecified atom stereocenters. The van der Waals surface area contributed by atoms with Gasteiger partial charge < -0.3 is 9.80 Å². The van der Waals surface area contributed by atoms with Crippen molar-refractivity contribution in [3.63, 3.8) is 0 Å². The monoisotopic (exact) mass is 314 g/mol. The zero-order valence-electron chi connectivity index (χ0n) is 14.3. The lowest BCUT2D eigenvalue weighted by Crippen LogP contribution is -2.45. The molecule has 2 aliphatic heterocycles. The first-order valence-corrected chi connectivity index (χ1v) is 8.66. The van der Waals surface area contributed by atoms with Gasteiger partial charge in [0.05, 0.1) is 5.92 Å². The molecule has 0 aromatic heterocycles. The summed E-state index contributed by atoms with van der Waals surface area (Å²) in [5.41, 5.74) is 3.26. The minimum Gasteiger partial charge on any atom is -0.340 e. The van der Waals surface area contributed by atoms with Crippen molar-refractivity contribution in [1.82, 2.24) is 4.90 Å². The largest absolute Gasteiger partial charge is 0.340 e. The van der Waals surface area contributed by atoms with Gasteiger partial charge >= 0.3 is 0 Å². The Bertz CT molecular complexity index is 626. The van der Waals surface area contributed by atoms with Crippen molar-refractivity contribution in [2.24, 2.45) is 5.92 Å². The summed E-state index contributed by atoms with van der Waals surface area (Å²) in [6.45, 7) is 7.58. The summed E-state index contributed by atoms with van der Waals surface area (Å²) in [6.07, 6.45) is 3.70. The van der Waals surface area contributed by atoms with Crippen LogP contribution in [-0.4, -0.2) is 35.8 Å². The number of hydrogen-bond acceptors (Lipinski definition) is 2. The molecule has 2 atom stereocenters. The van der Waals surface area contributed by atoms with Crippen LogP contribution in [0.4, 0.5) is 5.69 Å². The quantitative estimate of drug-likeness (QED) is 0.842. The number of hydrogen-bond donors (Lipinski definition) is 0. The van der Waals surface area contributed by atoms with Gasteiger partial charge in [0, 0.05) is 31.2 Å². The Morgan fingerprint density at radius 1 is 1.22 bits per heavy atom. The molecular weight excluding hydrogens is 288 g/mol. The molecule has 2 saturated heterocycles. The van der Waals surface area contributed by atoms with Gasteiger partial charge in [0.1, 0.15) is 0 Å². The van der Waals surface area contributed by atoms with Crippen LogP contribution in [0.5, 0.6) is 0 Å². The number of aryl methyl sites for hydroxylation is 1. The average Bonchev–Trinajstić information content (AvgIpc) is 2.92. The van der Waals surface area contributed by atoms with Gasteiger partial charge in [-0.05, 0) is 57.2 Å². The second-order valence-electron chi connectivity index (χ2n) is 7.00. The van der Waals surface area contributed by atoms with Gasteiger partial charge in [0.15, 0.2) is 0 Å². The standard InChI is InChI=1S/C19H26N2O2/c1-13-7-6-9-17(15(13)3)21-12-16(11-18(21)22)19(23)20-10-5-4-8-14(20)2/h6-7,9,14,16H,4-5,8,10-12H2,1-3H3/t14-,16-/m0/s1. The van der Waals surface area contributed by atoms with Crippen molar-refractivity contribution in [2.75, 3.05) is 18.0 Å². The predicted octanol–water partition coefficient (Wildman–Crippen LogP) is 3.06. The van der Waals surface area contributed by atoms with Crippen LogP contribution in [0.2, 0.25) is 0 Å². The lowest BCUT2D eigenvalue weighted by atomic mass is 9.99. The van der Waals surface area contributed by atoms with Crippen LogP contribution < -0.4 is 4.90 Å². The fourth-order valence-corrected chi connectivity index (χ4v) is 3.79. The van der Waals surface area contributed by atoms with Gasteiger partial charge in [0.2, 0.25) is 11.8 Å². The van der Waals surface area contributed by atoms with E-state index in [1.807, 2.05) is 24.0 Å². The topological polar surface area (TPSA) is 40.6 Å². The zero-order valence-corrected chi connectivity index (χ0v) is 14.3. The van der Waals surface area contributed by atoms with Gasteiger partial charge in [-0.2, -0.15) is 0 Å². The molecule has 23 heavy (non-hydrogen) atoms. The Morgan fingerprint density at radius 3 is 2.74 bits per heavy atom. The summed E-state index contributed by atoms with van der Waals surface area (Å²) in [7, 11) is 0. The van der Waals surface area contributed by atoms with Gasteiger partial charge in [0.25, 0.3) is 0 Å². The van der Waals surface area contributed by atoms with E-state index < -0.39 is 0 Å². The molecule has 2 amide bonds. The van der Waals surface area contributed by atoms with Crippen LogP contribution in [0.25, 0.3) is 0 Å². The third kappa shape index (κ3) is 2.99. The first kappa shape index (κ1) is 16.0. The van der Waals surface area contributed by atoms with Crippen molar-refractivity contribution in [3.8, 4) is 0 Å². The minimum absolute atomic E-state index is 0.0710. The zero-order chi connectivity index (χ0) is 16.6. The molecule has 2 heterocycles. The number of amides is 2. The van der Waals surface area contributed by atoms with E-state index in [2.05, 4.69) is 19.9 Å². The van der Waals surface area contributed by atoms with Crippen molar-refractivity contribution >= 4 is 17.5 Å². The van der Waals surface area contributed by atoms with E-state index in [9.17, 15) is 9.59 Å². The van der Waals surface area contributed by atoms with Crippen LogP contribution in [0, 0.1) is 19.8 Å². The number of likely N-dealkylation sites (tertiary alicyclic amines) is 1. The Morgan fingerprint density at radius 2 is 2.00 bits per heavy atom. The van der Waals surface area contributed by atoms with E-state index >= 15 is 0 Å². The molecule has 0 saturated carbocycles. The summed E-state index contributed by atoms with van der Waals surface area (Å²) in [5, 5.41) is 0. The summed E-state index contributed by atoms with van der Waals surface area (Å²) in [5.74, 6) is 0.0445. The second kappa shape index (κ2) is 6.34. The smallest absolute Gasteiger partial charge is 0.228 e. The number of rotatable bonds is 2. The van der Waals surface area contributed by atoms with E-state index in [0.717, 1.165) is 30.6 Å². The molecule has 2 aliphatic rings. The minimum atomic E-state index is -0.192. The lowest BCUT2D eigenvalue weighted by molar-refractivity contribution is -0.139. The highest BCUT2D eigenvalue weighted by Gasteiger charge is 2.39. The lowest BCUT2D eigenvalue weighted by Gasteiger charge is -2.35. The number of piperidine rings is 1. The molecule has 0 radical (unpaired) electrons. The van der Waals surface area contributed by atoms with Gasteiger partial charge in [-0.25, -0.2) is 0 Å². The number of carbonyl (C=O) groups is 2. The number of benzene rings is 1. The molecule has 124 valence electrons. The molecule has 4 nitrogen and oxygen atoms in total. The molecule has 4 heteroatoms. The summed E-state index contributed by atoms with van der Waals surface area (Å²) in [4.78, 5) is 29.1. The predicted molar refractivity (Wildman–Crippen MR) is 91.4 cm³/mol. The van der Waals surface area contributed by atoms with E-state index in [4.69, 9.17) is 0 Å². The fourth-order valence-electron chi connectivity index (χ4n) is 3.79. The van der Waals surface area contributed by atoms with Crippen LogP contribution in [0.1, 0.15) is 43.7 Å². The molecule has 1 aromatic rings. The van der Waals surface area contributed by atoms with Gasteiger partial charge in [-0.1, -0.05) is 12.1 Å². The van der Waals surface area contributed by atoms with Crippen LogP contribution >= 0.6 is 0 Å². The molecule has 1 aromatic carbocycles. The van der Waals surface area contributed by atoms with Crippen LogP contribution in [0.15, 0.2) is 18.2 Å². The highest BCUT2D eigenvalue weighted by molar-refractivity contribution is 6.01. The van der Waals surface area contributed by atoms with Crippen molar-refractivity contribution in [1.29, 1.82) is 0 Å². The van der Waals surface area contributed by atoms with E-state index in [1.165, 1.54) is 12.0 Å². The van der Waals surface area contributed by atoms with Crippen molar-refractivity contribution in [3.05, 3.63) is 29.3 Å². The van der Waals surface area contributed by atoms with Crippen molar-refractivity contribution < 1.29 is 9.59 Å². The highest BCUT2D eigenvalue weighted by Crippen LogP contribution is 2.31. The molecular formula is C19H26N2O2. The SMILES string of the molecule is Cc1cccc(N2C[C@@H](C(=O)N3CCCC[C@@H]3C)CC2=O)c1C. The first-order valence-electron chi connectivity index (χ1n) is 8.66. The molecule has 0 bridgehead atoms. The molecule has 0 aliphatic carbocycles. The van der Waals surface area contributed by atoms with Gasteiger partial charge in [-0.15, -0.1) is 0 Å². The Labute approximate surface area is 138 Å². The Hall–Kier alpha value is -1.84. The van der Waals surface area contributed by atoms with Crippen molar-refractivity contribution in [2.45, 2.75) is 52.5 Å². The normalized spacial score (nSPS) is 25.1. The third-order valence-electron chi connectivity index (χ3n) is 5.43. The maximum absolute atomic E-state index is 12.8. The van der Waals surface area contributed by atoms with E-state index in [1.54, 1.807) is 4.90 Å².